The summed E-state index contributed by atoms with van der Waals surface area (Å²) in [4.78, 5) is 17.8. The van der Waals surface area contributed by atoms with Crippen LogP contribution in [0.25, 0.3) is 22.5 Å². The van der Waals surface area contributed by atoms with Gasteiger partial charge in [-0.1, -0.05) is 65.8 Å². The number of amides is 1. The molecule has 35 heavy (non-hydrogen) atoms. The van der Waals surface area contributed by atoms with E-state index in [0.717, 1.165) is 22.4 Å². The van der Waals surface area contributed by atoms with E-state index in [1.54, 1.807) is 14.0 Å². The first kappa shape index (κ1) is 23.3. The van der Waals surface area contributed by atoms with Gasteiger partial charge in [0.2, 0.25) is 5.88 Å². The molecule has 0 aliphatic carbocycles. The van der Waals surface area contributed by atoms with E-state index in [1.165, 1.54) is 0 Å². The number of hydrogen-bond donors (Lipinski definition) is 1. The minimum absolute atomic E-state index is 0.0645. The zero-order valence-corrected chi connectivity index (χ0v) is 19.3. The first-order valence-electron chi connectivity index (χ1n) is 10.9. The second-order valence-electron chi connectivity index (χ2n) is 7.58. The molecule has 0 unspecified atom stereocenters. The number of carbonyl (C=O) groups is 1. The van der Waals surface area contributed by atoms with Crippen LogP contribution in [0.5, 0.6) is 5.75 Å². The van der Waals surface area contributed by atoms with Crippen molar-refractivity contribution in [1.82, 2.24) is 0 Å². The Morgan fingerprint density at radius 3 is 2.20 bits per heavy atom. The second-order valence-corrected chi connectivity index (χ2v) is 7.58. The molecule has 3 aromatic carbocycles. The lowest BCUT2D eigenvalue weighted by atomic mass is 9.98. The summed E-state index contributed by atoms with van der Waals surface area (Å²) in [5.74, 6) is 0.798. The van der Waals surface area contributed by atoms with Gasteiger partial charge in [0.25, 0.3) is 5.91 Å². The first-order valence-corrected chi connectivity index (χ1v) is 10.9. The monoisotopic (exact) mass is 465 g/mol. The largest absolute Gasteiger partial charge is 0.497 e. The van der Waals surface area contributed by atoms with Crippen molar-refractivity contribution in [3.63, 3.8) is 0 Å². The number of hydrogen-bond acceptors (Lipinski definition) is 6. The molecule has 0 atom stereocenters. The van der Waals surface area contributed by atoms with E-state index in [-0.39, 0.29) is 18.1 Å². The third-order valence-corrected chi connectivity index (χ3v) is 5.28. The van der Waals surface area contributed by atoms with Crippen LogP contribution in [0.15, 0.2) is 94.5 Å². The zero-order chi connectivity index (χ0) is 24.6. The predicted molar refractivity (Wildman–Crippen MR) is 134 cm³/mol. The van der Waals surface area contributed by atoms with Crippen LogP contribution in [0.1, 0.15) is 18.1 Å². The number of benzene rings is 3. The SMILES string of the molecule is COc1ccc(/C(C)=N/OCC(=O)Nc2oc(-c3ccccc3)c(-c3ccccc3)c2C#N)cc1. The molecule has 1 aromatic heterocycles. The Bertz CT molecular complexity index is 1370. The molecule has 1 amide bonds. The minimum atomic E-state index is -0.499. The molecular weight excluding hydrogens is 442 g/mol. The number of anilines is 1. The average molecular weight is 466 g/mol. The number of carbonyl (C=O) groups excluding carboxylic acids is 1. The smallest absolute Gasteiger partial charge is 0.267 e. The first-order chi connectivity index (χ1) is 17.1. The van der Waals surface area contributed by atoms with E-state index in [0.29, 0.717) is 17.0 Å². The molecule has 0 aliphatic rings. The normalized spacial score (nSPS) is 10.9. The van der Waals surface area contributed by atoms with Crippen LogP contribution in [0, 0.1) is 11.3 Å². The second kappa shape index (κ2) is 10.9. The molecule has 7 heteroatoms. The molecule has 4 aromatic rings. The number of rotatable bonds is 8. The molecule has 7 nitrogen and oxygen atoms in total. The Balaban J connectivity index is 1.54. The van der Waals surface area contributed by atoms with E-state index in [1.807, 2.05) is 84.9 Å². The summed E-state index contributed by atoms with van der Waals surface area (Å²) in [6, 6.07) is 28.4. The fourth-order valence-electron chi connectivity index (χ4n) is 3.53. The molecule has 0 fully saturated rings. The van der Waals surface area contributed by atoms with Crippen LogP contribution in [0.4, 0.5) is 5.88 Å². The molecule has 0 aliphatic heterocycles. The van der Waals surface area contributed by atoms with Crippen LogP contribution in [-0.2, 0) is 9.63 Å². The van der Waals surface area contributed by atoms with Gasteiger partial charge in [-0.25, -0.2) is 0 Å². The van der Waals surface area contributed by atoms with Gasteiger partial charge in [0.1, 0.15) is 23.1 Å². The molecule has 0 saturated heterocycles. The van der Waals surface area contributed by atoms with E-state index in [9.17, 15) is 10.1 Å². The number of nitriles is 1. The highest BCUT2D eigenvalue weighted by atomic mass is 16.6. The quantitative estimate of drug-likeness (QED) is 0.259. The third kappa shape index (κ3) is 5.40. The van der Waals surface area contributed by atoms with Gasteiger partial charge in [-0.2, -0.15) is 5.26 Å². The van der Waals surface area contributed by atoms with Crippen molar-refractivity contribution in [2.75, 3.05) is 19.0 Å². The van der Waals surface area contributed by atoms with E-state index < -0.39 is 5.91 Å². The summed E-state index contributed by atoms with van der Waals surface area (Å²) in [6.07, 6.45) is 0. The summed E-state index contributed by atoms with van der Waals surface area (Å²) in [5.41, 5.74) is 3.89. The van der Waals surface area contributed by atoms with Crippen molar-refractivity contribution < 1.29 is 18.8 Å². The topological polar surface area (TPSA) is 96.8 Å². The number of ether oxygens (including phenoxy) is 1. The lowest BCUT2D eigenvalue weighted by molar-refractivity contribution is -0.120. The summed E-state index contributed by atoms with van der Waals surface area (Å²) in [6.45, 7) is 1.43. The van der Waals surface area contributed by atoms with Crippen molar-refractivity contribution in [3.05, 3.63) is 96.1 Å². The molecule has 0 spiro atoms. The van der Waals surface area contributed by atoms with Gasteiger partial charge in [-0.05, 0) is 42.3 Å². The highest BCUT2D eigenvalue weighted by Crippen LogP contribution is 2.41. The van der Waals surface area contributed by atoms with E-state index in [2.05, 4.69) is 16.5 Å². The molecular formula is C28H23N3O4. The predicted octanol–water partition coefficient (Wildman–Crippen LogP) is 5.87. The summed E-state index contributed by atoms with van der Waals surface area (Å²) >= 11 is 0. The van der Waals surface area contributed by atoms with Crippen LogP contribution in [0.2, 0.25) is 0 Å². The molecule has 4 rings (SSSR count). The van der Waals surface area contributed by atoms with Crippen molar-refractivity contribution in [3.8, 4) is 34.3 Å². The summed E-state index contributed by atoms with van der Waals surface area (Å²) < 4.78 is 11.2. The molecule has 174 valence electrons. The Kier molecular flexibility index (Phi) is 7.24. The molecule has 0 saturated carbocycles. The van der Waals surface area contributed by atoms with Gasteiger partial charge in [0, 0.05) is 11.1 Å². The van der Waals surface area contributed by atoms with Crippen LogP contribution in [-0.4, -0.2) is 25.3 Å². The highest BCUT2D eigenvalue weighted by Gasteiger charge is 2.24. The Labute approximate surface area is 203 Å². The van der Waals surface area contributed by atoms with Crippen LogP contribution < -0.4 is 10.1 Å². The van der Waals surface area contributed by atoms with Crippen molar-refractivity contribution in [2.45, 2.75) is 6.92 Å². The van der Waals surface area contributed by atoms with Crippen LogP contribution >= 0.6 is 0 Å². The molecule has 0 radical (unpaired) electrons. The van der Waals surface area contributed by atoms with Gasteiger partial charge in [-0.3, -0.25) is 10.1 Å². The number of nitrogens with one attached hydrogen (secondary N) is 1. The Morgan fingerprint density at radius 1 is 0.971 bits per heavy atom. The van der Waals surface area contributed by atoms with Crippen molar-refractivity contribution in [2.24, 2.45) is 5.16 Å². The van der Waals surface area contributed by atoms with E-state index in [4.69, 9.17) is 14.0 Å². The van der Waals surface area contributed by atoms with Crippen LogP contribution in [0.3, 0.4) is 0 Å². The van der Waals surface area contributed by atoms with Gasteiger partial charge in [0.05, 0.1) is 12.8 Å². The number of furan rings is 1. The minimum Gasteiger partial charge on any atom is -0.497 e. The fraction of sp³-hybridized carbons (Fsp3) is 0.107. The summed E-state index contributed by atoms with van der Waals surface area (Å²) in [5, 5.41) is 16.6. The molecule has 1 heterocycles. The average Bonchev–Trinajstić information content (AvgIpc) is 3.27. The third-order valence-electron chi connectivity index (χ3n) is 5.28. The maximum atomic E-state index is 12.6. The highest BCUT2D eigenvalue weighted by molar-refractivity contribution is 5.99. The number of methoxy groups -OCH3 is 1. The maximum absolute atomic E-state index is 12.6. The lowest BCUT2D eigenvalue weighted by Gasteiger charge is -2.04. The van der Waals surface area contributed by atoms with Gasteiger partial charge in [0.15, 0.2) is 6.61 Å². The molecule has 0 bridgehead atoms. The zero-order valence-electron chi connectivity index (χ0n) is 19.3. The van der Waals surface area contributed by atoms with Gasteiger partial charge < -0.3 is 14.0 Å². The Morgan fingerprint density at radius 2 is 1.60 bits per heavy atom. The van der Waals surface area contributed by atoms with E-state index >= 15 is 0 Å². The Hall–Kier alpha value is -4.83. The lowest BCUT2D eigenvalue weighted by Crippen LogP contribution is -2.17. The summed E-state index contributed by atoms with van der Waals surface area (Å²) in [7, 11) is 1.60. The molecule has 1 N–H and O–H groups in total. The standard InChI is InChI=1S/C28H23N3O4/c1-19(20-13-15-23(33-2)16-14-20)31-34-18-25(32)30-28-24(17-29)26(21-9-5-3-6-10-21)27(35-28)22-11-7-4-8-12-22/h3-16H,18H2,1-2H3,(H,30,32)/b31-19+. The van der Waals surface area contributed by atoms with Crippen molar-refractivity contribution in [1.29, 1.82) is 5.26 Å². The number of oxime groups is 1. The fourth-order valence-corrected chi connectivity index (χ4v) is 3.53. The van der Waals surface area contributed by atoms with Gasteiger partial charge in [-0.15, -0.1) is 0 Å². The van der Waals surface area contributed by atoms with Gasteiger partial charge >= 0.3 is 0 Å². The van der Waals surface area contributed by atoms with Crippen molar-refractivity contribution >= 4 is 17.5 Å². The maximum Gasteiger partial charge on any atom is 0.267 e. The number of nitrogens with zero attached hydrogens (tertiary/aromatic N) is 2.